The van der Waals surface area contributed by atoms with Gasteiger partial charge in [0.05, 0.1) is 6.04 Å². The van der Waals surface area contributed by atoms with E-state index in [0.29, 0.717) is 24.8 Å². The molecule has 0 heterocycles. The van der Waals surface area contributed by atoms with Crippen molar-refractivity contribution in [2.45, 2.75) is 46.1 Å². The molecule has 0 aliphatic rings. The van der Waals surface area contributed by atoms with Crippen LogP contribution in [0.2, 0.25) is 0 Å². The zero-order valence-electron chi connectivity index (χ0n) is 13.2. The van der Waals surface area contributed by atoms with E-state index >= 15 is 0 Å². The van der Waals surface area contributed by atoms with E-state index in [1.54, 1.807) is 12.1 Å². The average molecular weight is 294 g/mol. The molecule has 1 unspecified atom stereocenters. The average Bonchev–Trinajstić information content (AvgIpc) is 2.43. The van der Waals surface area contributed by atoms with Gasteiger partial charge in [0.25, 0.3) is 0 Å². The van der Waals surface area contributed by atoms with Gasteiger partial charge in [-0.25, -0.2) is 4.39 Å². The van der Waals surface area contributed by atoms with E-state index < -0.39 is 0 Å². The predicted octanol–water partition coefficient (Wildman–Crippen LogP) is 3.40. The summed E-state index contributed by atoms with van der Waals surface area (Å²) < 4.78 is 12.9. The van der Waals surface area contributed by atoms with Crippen LogP contribution in [0.25, 0.3) is 0 Å². The highest BCUT2D eigenvalue weighted by Gasteiger charge is 2.15. The van der Waals surface area contributed by atoms with E-state index in [4.69, 9.17) is 5.73 Å². The highest BCUT2D eigenvalue weighted by atomic mass is 19.1. The summed E-state index contributed by atoms with van der Waals surface area (Å²) in [7, 11) is 0. The molecule has 0 bridgehead atoms. The fourth-order valence-corrected chi connectivity index (χ4v) is 2.49. The smallest absolute Gasteiger partial charge is 0.220 e. The van der Waals surface area contributed by atoms with E-state index in [1.807, 2.05) is 6.92 Å². The Bertz CT molecular complexity index is 431. The minimum atomic E-state index is -0.265. The lowest BCUT2D eigenvalue weighted by Gasteiger charge is -2.20. The van der Waals surface area contributed by atoms with Gasteiger partial charge in [-0.1, -0.05) is 26.0 Å². The number of carbonyl (C=O) groups is 1. The van der Waals surface area contributed by atoms with Crippen molar-refractivity contribution < 1.29 is 9.18 Å². The second kappa shape index (κ2) is 8.78. The van der Waals surface area contributed by atoms with E-state index in [-0.39, 0.29) is 17.8 Å². The summed E-state index contributed by atoms with van der Waals surface area (Å²) in [5.74, 6) is 0.797. The first kappa shape index (κ1) is 17.6. The molecule has 0 saturated heterocycles. The molecule has 3 N–H and O–H groups in total. The topological polar surface area (TPSA) is 55.1 Å². The quantitative estimate of drug-likeness (QED) is 0.772. The minimum absolute atomic E-state index is 0.0366. The fourth-order valence-electron chi connectivity index (χ4n) is 2.49. The third kappa shape index (κ3) is 6.25. The van der Waals surface area contributed by atoms with Crippen molar-refractivity contribution >= 4 is 5.91 Å². The SMILES string of the molecule is CC(C)C(CCN)CCC(=O)N[C@@H](C)c1ccc(F)cc1. The lowest BCUT2D eigenvalue weighted by molar-refractivity contribution is -0.122. The molecule has 1 amide bonds. The molecule has 118 valence electrons. The number of carbonyl (C=O) groups excluding carboxylic acids is 1. The zero-order chi connectivity index (χ0) is 15.8. The Labute approximate surface area is 127 Å². The summed E-state index contributed by atoms with van der Waals surface area (Å²) in [5, 5.41) is 2.96. The molecule has 0 aliphatic carbocycles. The van der Waals surface area contributed by atoms with Crippen molar-refractivity contribution in [2.24, 2.45) is 17.6 Å². The predicted molar refractivity (Wildman–Crippen MR) is 84.2 cm³/mol. The Morgan fingerprint density at radius 1 is 1.19 bits per heavy atom. The highest BCUT2D eigenvalue weighted by molar-refractivity contribution is 5.76. The van der Waals surface area contributed by atoms with Gasteiger partial charge in [-0.15, -0.1) is 0 Å². The zero-order valence-corrected chi connectivity index (χ0v) is 13.2. The third-order valence-electron chi connectivity index (χ3n) is 3.97. The van der Waals surface area contributed by atoms with Gasteiger partial charge in [0.2, 0.25) is 5.91 Å². The standard InChI is InChI=1S/C17H27FN2O/c1-12(2)14(10-11-19)6-9-17(21)20-13(3)15-4-7-16(18)8-5-15/h4-5,7-8,12-14H,6,9-11,19H2,1-3H3,(H,20,21)/t13-,14?/m0/s1. The summed E-state index contributed by atoms with van der Waals surface area (Å²) >= 11 is 0. The van der Waals surface area contributed by atoms with Crippen LogP contribution in [0.1, 0.15) is 51.6 Å². The van der Waals surface area contributed by atoms with Crippen LogP contribution >= 0.6 is 0 Å². The van der Waals surface area contributed by atoms with Crippen LogP contribution < -0.4 is 11.1 Å². The maximum absolute atomic E-state index is 12.9. The number of hydrogen-bond donors (Lipinski definition) is 2. The Morgan fingerprint density at radius 2 is 1.81 bits per heavy atom. The van der Waals surface area contributed by atoms with Crippen LogP contribution in [-0.4, -0.2) is 12.5 Å². The Morgan fingerprint density at radius 3 is 2.33 bits per heavy atom. The molecule has 0 radical (unpaired) electrons. The maximum Gasteiger partial charge on any atom is 0.220 e. The van der Waals surface area contributed by atoms with Gasteiger partial charge in [-0.05, 0) is 55.8 Å². The van der Waals surface area contributed by atoms with Crippen LogP contribution in [-0.2, 0) is 4.79 Å². The second-order valence-corrected chi connectivity index (χ2v) is 5.96. The van der Waals surface area contributed by atoms with E-state index in [9.17, 15) is 9.18 Å². The van der Waals surface area contributed by atoms with Crippen molar-refractivity contribution in [3.05, 3.63) is 35.6 Å². The number of hydrogen-bond acceptors (Lipinski definition) is 2. The molecule has 0 aromatic heterocycles. The monoisotopic (exact) mass is 294 g/mol. The molecular formula is C17H27FN2O. The number of amides is 1. The normalized spacial score (nSPS) is 14.0. The Balaban J connectivity index is 2.44. The number of benzene rings is 1. The molecule has 1 aromatic carbocycles. The second-order valence-electron chi connectivity index (χ2n) is 5.96. The summed E-state index contributed by atoms with van der Waals surface area (Å²) in [6.45, 7) is 6.90. The van der Waals surface area contributed by atoms with E-state index in [1.165, 1.54) is 12.1 Å². The molecule has 0 aliphatic heterocycles. The number of halogens is 1. The third-order valence-corrected chi connectivity index (χ3v) is 3.97. The number of rotatable bonds is 8. The molecule has 2 atom stereocenters. The van der Waals surface area contributed by atoms with Crippen LogP contribution in [0.15, 0.2) is 24.3 Å². The first-order chi connectivity index (χ1) is 9.93. The molecule has 4 heteroatoms. The molecule has 3 nitrogen and oxygen atoms in total. The number of nitrogens with one attached hydrogen (secondary N) is 1. The van der Waals surface area contributed by atoms with Gasteiger partial charge in [0.1, 0.15) is 5.82 Å². The van der Waals surface area contributed by atoms with Crippen molar-refractivity contribution in [1.82, 2.24) is 5.32 Å². The summed E-state index contributed by atoms with van der Waals surface area (Å²) in [6, 6.07) is 6.12. The molecule has 21 heavy (non-hydrogen) atoms. The summed E-state index contributed by atoms with van der Waals surface area (Å²) in [5.41, 5.74) is 6.52. The molecule has 0 saturated carbocycles. The van der Waals surface area contributed by atoms with Gasteiger partial charge >= 0.3 is 0 Å². The van der Waals surface area contributed by atoms with Crippen LogP contribution in [0, 0.1) is 17.7 Å². The van der Waals surface area contributed by atoms with Crippen molar-refractivity contribution in [3.8, 4) is 0 Å². The van der Waals surface area contributed by atoms with Gasteiger partial charge in [-0.3, -0.25) is 4.79 Å². The van der Waals surface area contributed by atoms with Gasteiger partial charge in [-0.2, -0.15) is 0 Å². The Hall–Kier alpha value is -1.42. The molecule has 1 rings (SSSR count). The van der Waals surface area contributed by atoms with Crippen molar-refractivity contribution in [2.75, 3.05) is 6.54 Å². The molecular weight excluding hydrogens is 267 g/mol. The highest BCUT2D eigenvalue weighted by Crippen LogP contribution is 2.21. The maximum atomic E-state index is 12.9. The van der Waals surface area contributed by atoms with Crippen LogP contribution in [0.5, 0.6) is 0 Å². The van der Waals surface area contributed by atoms with Crippen molar-refractivity contribution in [1.29, 1.82) is 0 Å². The lowest BCUT2D eigenvalue weighted by Crippen LogP contribution is -2.27. The molecule has 1 aromatic rings. The van der Waals surface area contributed by atoms with Crippen LogP contribution in [0.3, 0.4) is 0 Å². The van der Waals surface area contributed by atoms with Gasteiger partial charge in [0, 0.05) is 6.42 Å². The van der Waals surface area contributed by atoms with E-state index in [0.717, 1.165) is 18.4 Å². The summed E-state index contributed by atoms with van der Waals surface area (Å²) in [4.78, 5) is 12.0. The molecule has 0 spiro atoms. The first-order valence-corrected chi connectivity index (χ1v) is 7.69. The summed E-state index contributed by atoms with van der Waals surface area (Å²) in [6.07, 6.45) is 2.32. The first-order valence-electron chi connectivity index (χ1n) is 7.69. The van der Waals surface area contributed by atoms with Gasteiger partial charge in [0.15, 0.2) is 0 Å². The molecule has 0 fully saturated rings. The minimum Gasteiger partial charge on any atom is -0.350 e. The van der Waals surface area contributed by atoms with Gasteiger partial charge < -0.3 is 11.1 Å². The number of nitrogens with two attached hydrogens (primary N) is 1. The lowest BCUT2D eigenvalue weighted by atomic mass is 9.88. The van der Waals surface area contributed by atoms with Crippen LogP contribution in [0.4, 0.5) is 4.39 Å². The van der Waals surface area contributed by atoms with Crippen molar-refractivity contribution in [3.63, 3.8) is 0 Å². The largest absolute Gasteiger partial charge is 0.350 e. The van der Waals surface area contributed by atoms with E-state index in [2.05, 4.69) is 19.2 Å². The Kier molecular flexibility index (Phi) is 7.37. The fraction of sp³-hybridized carbons (Fsp3) is 0.588.